The lowest BCUT2D eigenvalue weighted by molar-refractivity contribution is -0.140. The average molecular weight is 683 g/mol. The number of amides is 2. The van der Waals surface area contributed by atoms with Crippen LogP contribution >= 0.6 is 23.2 Å². The molecule has 0 bridgehead atoms. The fourth-order valence-corrected chi connectivity index (χ4v) is 6.74. The molecule has 0 spiro atoms. The number of nitrogens with zero attached hydrogens (tertiary/aromatic N) is 2. The molecular formula is C35H37Cl2N3O5S. The van der Waals surface area contributed by atoms with Gasteiger partial charge in [-0.3, -0.25) is 13.9 Å². The lowest BCUT2D eigenvalue weighted by Crippen LogP contribution is -2.53. The summed E-state index contributed by atoms with van der Waals surface area (Å²) in [5.41, 5.74) is 1.57. The molecule has 11 heteroatoms. The van der Waals surface area contributed by atoms with Crippen molar-refractivity contribution in [1.29, 1.82) is 0 Å². The largest absolute Gasteiger partial charge is 0.497 e. The van der Waals surface area contributed by atoms with Crippen LogP contribution in [0.4, 0.5) is 5.69 Å². The van der Waals surface area contributed by atoms with Crippen LogP contribution in [0.2, 0.25) is 10.0 Å². The van der Waals surface area contributed by atoms with Crippen LogP contribution in [-0.2, 0) is 32.6 Å². The summed E-state index contributed by atoms with van der Waals surface area (Å²) in [5.74, 6) is -0.223. The van der Waals surface area contributed by atoms with Gasteiger partial charge in [0.05, 0.1) is 22.7 Å². The van der Waals surface area contributed by atoms with Crippen molar-refractivity contribution in [3.8, 4) is 5.75 Å². The minimum Gasteiger partial charge on any atom is -0.497 e. The molecule has 1 atom stereocenters. The number of carbonyl (C=O) groups is 2. The summed E-state index contributed by atoms with van der Waals surface area (Å²) >= 11 is 12.8. The number of nitrogens with one attached hydrogen (secondary N) is 1. The summed E-state index contributed by atoms with van der Waals surface area (Å²) < 4.78 is 34.6. The van der Waals surface area contributed by atoms with E-state index in [1.165, 1.54) is 35.2 Å². The first-order valence-corrected chi connectivity index (χ1v) is 17.0. The number of carbonyl (C=O) groups excluding carboxylic acids is 2. The van der Waals surface area contributed by atoms with E-state index in [-0.39, 0.29) is 45.4 Å². The Kier molecular flexibility index (Phi) is 12.1. The summed E-state index contributed by atoms with van der Waals surface area (Å²) in [6.45, 7) is 3.71. The van der Waals surface area contributed by atoms with Crippen LogP contribution in [0, 0.1) is 5.92 Å². The minimum atomic E-state index is -4.31. The second kappa shape index (κ2) is 16.0. The predicted octanol–water partition coefficient (Wildman–Crippen LogP) is 6.61. The molecular weight excluding hydrogens is 645 g/mol. The van der Waals surface area contributed by atoms with E-state index < -0.39 is 28.5 Å². The molecule has 0 unspecified atom stereocenters. The number of rotatable bonds is 14. The van der Waals surface area contributed by atoms with Gasteiger partial charge in [-0.15, -0.1) is 0 Å². The maximum Gasteiger partial charge on any atom is 0.264 e. The SMILES string of the molecule is COc1cccc(CN(C(=O)CN(c2cc(Cl)ccc2Cl)S(=O)(=O)c2ccccc2)[C@@H](Cc2ccccc2)C(=O)NCC(C)C)c1. The van der Waals surface area contributed by atoms with Crippen molar-refractivity contribution in [3.05, 3.63) is 124 Å². The van der Waals surface area contributed by atoms with E-state index in [9.17, 15) is 18.0 Å². The molecule has 0 aliphatic carbocycles. The smallest absolute Gasteiger partial charge is 0.264 e. The Labute approximate surface area is 280 Å². The number of anilines is 1. The maximum atomic E-state index is 14.6. The summed E-state index contributed by atoms with van der Waals surface area (Å²) in [6.07, 6.45) is 0.198. The lowest BCUT2D eigenvalue weighted by atomic mass is 10.0. The predicted molar refractivity (Wildman–Crippen MR) is 183 cm³/mol. The molecule has 0 saturated heterocycles. The van der Waals surface area contributed by atoms with E-state index >= 15 is 0 Å². The molecule has 1 N–H and O–H groups in total. The fraction of sp³-hybridized carbons (Fsp3) is 0.257. The van der Waals surface area contributed by atoms with E-state index in [1.54, 1.807) is 43.5 Å². The first-order valence-electron chi connectivity index (χ1n) is 14.8. The van der Waals surface area contributed by atoms with Crippen LogP contribution < -0.4 is 14.4 Å². The van der Waals surface area contributed by atoms with Crippen molar-refractivity contribution < 1.29 is 22.7 Å². The highest BCUT2D eigenvalue weighted by Crippen LogP contribution is 2.33. The topological polar surface area (TPSA) is 96.0 Å². The van der Waals surface area contributed by atoms with Gasteiger partial charge in [0.15, 0.2) is 0 Å². The molecule has 0 saturated carbocycles. The van der Waals surface area contributed by atoms with Gasteiger partial charge in [-0.2, -0.15) is 0 Å². The van der Waals surface area contributed by atoms with E-state index in [0.29, 0.717) is 17.9 Å². The number of hydrogen-bond acceptors (Lipinski definition) is 5. The van der Waals surface area contributed by atoms with E-state index in [0.717, 1.165) is 9.87 Å². The van der Waals surface area contributed by atoms with Crippen LogP contribution in [0.5, 0.6) is 5.75 Å². The van der Waals surface area contributed by atoms with Gasteiger partial charge in [0, 0.05) is 24.5 Å². The third-order valence-electron chi connectivity index (χ3n) is 7.23. The fourth-order valence-electron chi connectivity index (χ4n) is 4.85. The van der Waals surface area contributed by atoms with Crippen LogP contribution in [-0.4, -0.2) is 51.4 Å². The summed E-state index contributed by atoms with van der Waals surface area (Å²) in [4.78, 5) is 29.8. The molecule has 0 heterocycles. The molecule has 2 amide bonds. The standard InChI is InChI=1S/C35H37Cl2N3O5S/c1-25(2)22-38-35(42)33(20-26-11-6-4-7-12-26)39(23-27-13-10-14-29(19-27)45-3)34(41)24-40(32-21-28(36)17-18-31(32)37)46(43,44)30-15-8-5-9-16-30/h4-19,21,25,33H,20,22-24H2,1-3H3,(H,38,42)/t33-/m0/s1. The first-order chi connectivity index (χ1) is 22.0. The van der Waals surface area contributed by atoms with Crippen LogP contribution in [0.25, 0.3) is 0 Å². The first kappa shape index (κ1) is 34.8. The van der Waals surface area contributed by atoms with Crippen LogP contribution in [0.1, 0.15) is 25.0 Å². The van der Waals surface area contributed by atoms with Crippen LogP contribution in [0.3, 0.4) is 0 Å². The Balaban J connectivity index is 1.83. The third kappa shape index (κ3) is 9.02. The van der Waals surface area contributed by atoms with Crippen molar-refractivity contribution in [2.24, 2.45) is 5.92 Å². The molecule has 4 aromatic rings. The van der Waals surface area contributed by atoms with Crippen molar-refractivity contribution in [3.63, 3.8) is 0 Å². The van der Waals surface area contributed by atoms with Gasteiger partial charge in [-0.05, 0) is 59.5 Å². The molecule has 0 radical (unpaired) electrons. The summed E-state index contributed by atoms with van der Waals surface area (Å²) in [7, 11) is -2.77. The second-order valence-corrected chi connectivity index (χ2v) is 13.8. The molecule has 0 aliphatic rings. The highest BCUT2D eigenvalue weighted by Gasteiger charge is 2.35. The van der Waals surface area contributed by atoms with E-state index in [4.69, 9.17) is 27.9 Å². The van der Waals surface area contributed by atoms with Gasteiger partial charge in [0.2, 0.25) is 11.8 Å². The lowest BCUT2D eigenvalue weighted by Gasteiger charge is -2.34. The van der Waals surface area contributed by atoms with Gasteiger partial charge in [0.1, 0.15) is 18.3 Å². The minimum absolute atomic E-state index is 0.00509. The van der Waals surface area contributed by atoms with Crippen molar-refractivity contribution in [2.75, 3.05) is 24.5 Å². The summed E-state index contributed by atoms with van der Waals surface area (Å²) in [6, 6.07) is 27.7. The zero-order valence-corrected chi connectivity index (χ0v) is 28.2. The van der Waals surface area contributed by atoms with Gasteiger partial charge in [0.25, 0.3) is 10.0 Å². The number of hydrogen-bond donors (Lipinski definition) is 1. The maximum absolute atomic E-state index is 14.6. The normalized spacial score (nSPS) is 12.0. The second-order valence-electron chi connectivity index (χ2n) is 11.1. The number of halogens is 2. The highest BCUT2D eigenvalue weighted by atomic mass is 35.5. The third-order valence-corrected chi connectivity index (χ3v) is 9.56. The zero-order valence-electron chi connectivity index (χ0n) is 25.9. The Hall–Kier alpha value is -4.05. The Morgan fingerprint density at radius 2 is 1.50 bits per heavy atom. The van der Waals surface area contributed by atoms with Crippen molar-refractivity contribution >= 4 is 50.7 Å². The number of ether oxygens (including phenoxy) is 1. The van der Waals surface area contributed by atoms with Crippen molar-refractivity contribution in [1.82, 2.24) is 10.2 Å². The molecule has 0 aliphatic heterocycles. The molecule has 0 fully saturated rings. The molecule has 0 aromatic heterocycles. The van der Waals surface area contributed by atoms with E-state index in [2.05, 4.69) is 5.32 Å². The molecule has 242 valence electrons. The number of benzene rings is 4. The molecule has 46 heavy (non-hydrogen) atoms. The number of sulfonamides is 1. The average Bonchev–Trinajstić information content (AvgIpc) is 3.06. The Morgan fingerprint density at radius 1 is 0.848 bits per heavy atom. The van der Waals surface area contributed by atoms with Gasteiger partial charge >= 0.3 is 0 Å². The van der Waals surface area contributed by atoms with Gasteiger partial charge < -0.3 is 15.0 Å². The Bertz CT molecular complexity index is 1740. The monoisotopic (exact) mass is 681 g/mol. The molecule has 4 rings (SSSR count). The van der Waals surface area contributed by atoms with Gasteiger partial charge in [-0.1, -0.05) is 97.7 Å². The molecule has 8 nitrogen and oxygen atoms in total. The Morgan fingerprint density at radius 3 is 2.15 bits per heavy atom. The molecule has 4 aromatic carbocycles. The van der Waals surface area contributed by atoms with E-state index in [1.807, 2.05) is 50.2 Å². The quantitative estimate of drug-likeness (QED) is 0.162. The number of methoxy groups -OCH3 is 1. The summed E-state index contributed by atoms with van der Waals surface area (Å²) in [5, 5.41) is 3.30. The van der Waals surface area contributed by atoms with Crippen molar-refractivity contribution in [2.45, 2.75) is 37.8 Å². The highest BCUT2D eigenvalue weighted by molar-refractivity contribution is 7.92. The van der Waals surface area contributed by atoms with Crippen LogP contribution in [0.15, 0.2) is 108 Å². The van der Waals surface area contributed by atoms with Gasteiger partial charge in [-0.25, -0.2) is 8.42 Å². The zero-order chi connectivity index (χ0) is 33.3.